The highest BCUT2D eigenvalue weighted by molar-refractivity contribution is 7.89. The molecule has 0 fully saturated rings. The van der Waals surface area contributed by atoms with E-state index in [1.54, 1.807) is 12.1 Å². The molecule has 0 saturated carbocycles. The van der Waals surface area contributed by atoms with Crippen LogP contribution in [0.15, 0.2) is 35.2 Å². The lowest BCUT2D eigenvalue weighted by atomic mass is 10.3. The van der Waals surface area contributed by atoms with Gasteiger partial charge >= 0.3 is 0 Å². The Hall–Kier alpha value is -1.61. The van der Waals surface area contributed by atoms with E-state index < -0.39 is 15.9 Å². The molecule has 6 nitrogen and oxygen atoms in total. The second-order valence-electron chi connectivity index (χ2n) is 3.96. The van der Waals surface area contributed by atoms with Gasteiger partial charge in [-0.1, -0.05) is 11.6 Å². The molecule has 112 valence electrons. The summed E-state index contributed by atoms with van der Waals surface area (Å²) >= 11 is 6.88. The van der Waals surface area contributed by atoms with Gasteiger partial charge in [0.25, 0.3) is 5.91 Å². The number of amides is 1. The molecule has 9 heteroatoms. The van der Waals surface area contributed by atoms with Crippen LogP contribution in [0.3, 0.4) is 0 Å². The van der Waals surface area contributed by atoms with E-state index in [-0.39, 0.29) is 10.6 Å². The molecule has 0 atom stereocenters. The van der Waals surface area contributed by atoms with Crippen LogP contribution in [0.4, 0.5) is 5.69 Å². The van der Waals surface area contributed by atoms with E-state index in [0.717, 1.165) is 11.3 Å². The molecule has 0 radical (unpaired) electrons. The first kappa shape index (κ1) is 15.8. The van der Waals surface area contributed by atoms with Gasteiger partial charge in [0.1, 0.15) is 5.75 Å². The largest absolute Gasteiger partial charge is 0.495 e. The van der Waals surface area contributed by atoms with E-state index in [0.29, 0.717) is 15.0 Å². The third-order valence-corrected chi connectivity index (χ3v) is 4.69. The number of anilines is 1. The Kier molecular flexibility index (Phi) is 4.52. The Morgan fingerprint density at radius 2 is 2.05 bits per heavy atom. The Morgan fingerprint density at radius 3 is 2.57 bits per heavy atom. The van der Waals surface area contributed by atoms with Crippen LogP contribution < -0.4 is 15.2 Å². The number of carbonyl (C=O) groups is 1. The number of benzene rings is 1. The van der Waals surface area contributed by atoms with Crippen molar-refractivity contribution in [3.05, 3.63) is 39.5 Å². The first-order valence-electron chi connectivity index (χ1n) is 5.59. The SMILES string of the molecule is COc1ccc(S(N)(=O)=O)cc1NC(=O)c1ccc(Cl)s1. The Balaban J connectivity index is 2.36. The minimum Gasteiger partial charge on any atom is -0.495 e. The molecule has 0 saturated heterocycles. The van der Waals surface area contributed by atoms with Crippen molar-refractivity contribution in [2.24, 2.45) is 5.14 Å². The molecule has 1 heterocycles. The molecule has 0 unspecified atom stereocenters. The number of nitrogens with one attached hydrogen (secondary N) is 1. The minimum atomic E-state index is -3.87. The van der Waals surface area contributed by atoms with Crippen LogP contribution in [0.1, 0.15) is 9.67 Å². The number of hydrogen-bond acceptors (Lipinski definition) is 5. The highest BCUT2D eigenvalue weighted by atomic mass is 35.5. The summed E-state index contributed by atoms with van der Waals surface area (Å²) in [7, 11) is -2.47. The number of hydrogen-bond donors (Lipinski definition) is 2. The van der Waals surface area contributed by atoms with Gasteiger partial charge in [-0.05, 0) is 30.3 Å². The zero-order chi connectivity index (χ0) is 15.6. The van der Waals surface area contributed by atoms with Crippen LogP contribution in [-0.2, 0) is 10.0 Å². The normalized spacial score (nSPS) is 11.2. The summed E-state index contributed by atoms with van der Waals surface area (Å²) < 4.78 is 28.3. The lowest BCUT2D eigenvalue weighted by molar-refractivity contribution is 0.103. The van der Waals surface area contributed by atoms with E-state index in [2.05, 4.69) is 5.32 Å². The molecule has 3 N–H and O–H groups in total. The third kappa shape index (κ3) is 3.73. The fraction of sp³-hybridized carbons (Fsp3) is 0.0833. The van der Waals surface area contributed by atoms with Gasteiger partial charge in [-0.25, -0.2) is 13.6 Å². The summed E-state index contributed by atoms with van der Waals surface area (Å²) in [5.74, 6) is -0.102. The maximum Gasteiger partial charge on any atom is 0.265 e. The zero-order valence-electron chi connectivity index (χ0n) is 10.8. The van der Waals surface area contributed by atoms with E-state index in [9.17, 15) is 13.2 Å². The van der Waals surface area contributed by atoms with Crippen molar-refractivity contribution in [1.82, 2.24) is 0 Å². The summed E-state index contributed by atoms with van der Waals surface area (Å²) in [6.45, 7) is 0. The number of halogens is 1. The molecular formula is C12H11ClN2O4S2. The molecule has 2 rings (SSSR count). The zero-order valence-corrected chi connectivity index (χ0v) is 13.2. The lowest BCUT2D eigenvalue weighted by Crippen LogP contribution is -2.15. The maximum atomic E-state index is 12.1. The summed E-state index contributed by atoms with van der Waals surface area (Å²) in [6.07, 6.45) is 0. The van der Waals surface area contributed by atoms with Gasteiger partial charge in [0.15, 0.2) is 0 Å². The minimum absolute atomic E-state index is 0.122. The van der Waals surface area contributed by atoms with Gasteiger partial charge in [-0.2, -0.15) is 0 Å². The number of nitrogens with two attached hydrogens (primary N) is 1. The number of carbonyl (C=O) groups excluding carboxylic acids is 1. The number of ether oxygens (including phenoxy) is 1. The van der Waals surface area contributed by atoms with Crippen LogP contribution in [0, 0.1) is 0 Å². The first-order valence-corrected chi connectivity index (χ1v) is 8.33. The predicted octanol–water partition coefficient (Wildman–Crippen LogP) is 2.31. The van der Waals surface area contributed by atoms with Gasteiger partial charge in [0.05, 0.1) is 26.9 Å². The lowest BCUT2D eigenvalue weighted by Gasteiger charge is -2.10. The number of primary sulfonamides is 1. The first-order chi connectivity index (χ1) is 9.81. The fourth-order valence-electron chi connectivity index (χ4n) is 1.58. The van der Waals surface area contributed by atoms with Crippen LogP contribution >= 0.6 is 22.9 Å². The molecule has 0 spiro atoms. The van der Waals surface area contributed by atoms with E-state index >= 15 is 0 Å². The number of sulfonamides is 1. The van der Waals surface area contributed by atoms with Crippen molar-refractivity contribution in [2.45, 2.75) is 4.90 Å². The quantitative estimate of drug-likeness (QED) is 0.887. The molecule has 0 aliphatic heterocycles. The average Bonchev–Trinajstić information content (AvgIpc) is 2.84. The highest BCUT2D eigenvalue weighted by Gasteiger charge is 2.15. The van der Waals surface area contributed by atoms with Gasteiger partial charge in [-0.15, -0.1) is 11.3 Å². The number of rotatable bonds is 4. The van der Waals surface area contributed by atoms with Crippen molar-refractivity contribution in [1.29, 1.82) is 0 Å². The molecule has 0 bridgehead atoms. The summed E-state index contributed by atoms with van der Waals surface area (Å²) in [5.41, 5.74) is 0.207. The molecule has 21 heavy (non-hydrogen) atoms. The number of thiophene rings is 1. The van der Waals surface area contributed by atoms with Gasteiger partial charge in [-0.3, -0.25) is 4.79 Å². The van der Waals surface area contributed by atoms with Crippen molar-refractivity contribution < 1.29 is 17.9 Å². The monoisotopic (exact) mass is 346 g/mol. The van der Waals surface area contributed by atoms with Crippen molar-refractivity contribution in [3.63, 3.8) is 0 Å². The van der Waals surface area contributed by atoms with Gasteiger partial charge in [0, 0.05) is 0 Å². The molecule has 1 aromatic heterocycles. The molecule has 0 aliphatic carbocycles. The van der Waals surface area contributed by atoms with Crippen molar-refractivity contribution >= 4 is 44.6 Å². The van der Waals surface area contributed by atoms with Crippen LogP contribution in [0.2, 0.25) is 4.34 Å². The molecule has 0 aliphatic rings. The molecule has 2 aromatic rings. The Labute approximate surface area is 130 Å². The van der Waals surface area contributed by atoms with Gasteiger partial charge in [0.2, 0.25) is 10.0 Å². The third-order valence-electron chi connectivity index (χ3n) is 2.54. The van der Waals surface area contributed by atoms with Crippen molar-refractivity contribution in [2.75, 3.05) is 12.4 Å². The van der Waals surface area contributed by atoms with E-state index in [1.165, 1.54) is 25.3 Å². The summed E-state index contributed by atoms with van der Waals surface area (Å²) in [6, 6.07) is 7.11. The predicted molar refractivity (Wildman–Crippen MR) is 81.6 cm³/mol. The Morgan fingerprint density at radius 1 is 1.33 bits per heavy atom. The molecular weight excluding hydrogens is 336 g/mol. The summed E-state index contributed by atoms with van der Waals surface area (Å²) in [4.78, 5) is 12.3. The van der Waals surface area contributed by atoms with E-state index in [1.807, 2.05) is 0 Å². The van der Waals surface area contributed by atoms with Crippen molar-refractivity contribution in [3.8, 4) is 5.75 Å². The Bertz CT molecular complexity index is 786. The summed E-state index contributed by atoms with van der Waals surface area (Å²) in [5, 5.41) is 7.64. The maximum absolute atomic E-state index is 12.1. The molecule has 1 aromatic carbocycles. The smallest absolute Gasteiger partial charge is 0.265 e. The second kappa shape index (κ2) is 6.02. The topological polar surface area (TPSA) is 98.5 Å². The average molecular weight is 347 g/mol. The van der Waals surface area contributed by atoms with Gasteiger partial charge < -0.3 is 10.1 Å². The van der Waals surface area contributed by atoms with E-state index in [4.69, 9.17) is 21.5 Å². The van der Waals surface area contributed by atoms with Crippen LogP contribution in [0.5, 0.6) is 5.75 Å². The molecule has 1 amide bonds. The fourth-order valence-corrected chi connectivity index (χ4v) is 3.06. The van der Waals surface area contributed by atoms with Crippen LogP contribution in [-0.4, -0.2) is 21.4 Å². The highest BCUT2D eigenvalue weighted by Crippen LogP contribution is 2.29. The standard InChI is InChI=1S/C12H11ClN2O4S2/c1-19-9-3-2-7(21(14,17)18)6-8(9)15-12(16)10-4-5-11(13)20-10/h2-6H,1H3,(H,15,16)(H2,14,17,18). The van der Waals surface area contributed by atoms with Crippen LogP contribution in [0.25, 0.3) is 0 Å². The second-order valence-corrected chi connectivity index (χ2v) is 7.24. The number of methoxy groups -OCH3 is 1.